The van der Waals surface area contributed by atoms with Crippen molar-refractivity contribution >= 4 is 0 Å². The molecule has 1 aliphatic heterocycles. The van der Waals surface area contributed by atoms with Gasteiger partial charge in [-0.05, 0) is 26.3 Å². The summed E-state index contributed by atoms with van der Waals surface area (Å²) >= 11 is 0. The van der Waals surface area contributed by atoms with Crippen LogP contribution in [0.4, 0.5) is 0 Å². The first kappa shape index (κ1) is 11.6. The molecule has 0 aliphatic carbocycles. The molecule has 4 nitrogen and oxygen atoms in total. The highest BCUT2D eigenvalue weighted by Crippen LogP contribution is 2.32. The van der Waals surface area contributed by atoms with E-state index >= 15 is 0 Å². The van der Waals surface area contributed by atoms with Crippen LogP contribution in [0.3, 0.4) is 0 Å². The van der Waals surface area contributed by atoms with E-state index in [9.17, 15) is 0 Å². The molecule has 0 unspecified atom stereocenters. The Bertz CT molecular complexity index is 356. The van der Waals surface area contributed by atoms with E-state index in [1.54, 1.807) is 0 Å². The Morgan fingerprint density at radius 1 is 1.56 bits per heavy atom. The van der Waals surface area contributed by atoms with Gasteiger partial charge in [0.15, 0.2) is 0 Å². The van der Waals surface area contributed by atoms with E-state index < -0.39 is 0 Å². The SMILES string of the molecule is CCCN1CC[C@H](N)[C@H]1c1cn(C)nc1C. The zero-order valence-corrected chi connectivity index (χ0v) is 10.5. The molecule has 2 atom stereocenters. The third-order valence-corrected chi connectivity index (χ3v) is 3.43. The molecule has 0 amide bonds. The normalized spacial score (nSPS) is 26.5. The lowest BCUT2D eigenvalue weighted by atomic mass is 10.0. The summed E-state index contributed by atoms with van der Waals surface area (Å²) in [4.78, 5) is 2.49. The second-order valence-corrected chi connectivity index (χ2v) is 4.78. The molecule has 0 spiro atoms. The van der Waals surface area contributed by atoms with Crippen molar-refractivity contribution in [3.05, 3.63) is 17.5 Å². The van der Waals surface area contributed by atoms with Crippen molar-refractivity contribution in [2.45, 2.75) is 38.8 Å². The Hall–Kier alpha value is -0.870. The Morgan fingerprint density at radius 3 is 2.88 bits per heavy atom. The van der Waals surface area contributed by atoms with Crippen LogP contribution in [-0.2, 0) is 7.05 Å². The molecule has 1 aliphatic rings. The second kappa shape index (κ2) is 4.55. The fourth-order valence-corrected chi connectivity index (χ4v) is 2.76. The Morgan fingerprint density at radius 2 is 2.31 bits per heavy atom. The summed E-state index contributed by atoms with van der Waals surface area (Å²) in [5, 5.41) is 4.42. The van der Waals surface area contributed by atoms with Crippen LogP contribution in [0.2, 0.25) is 0 Å². The van der Waals surface area contributed by atoms with Crippen molar-refractivity contribution in [1.29, 1.82) is 0 Å². The minimum atomic E-state index is 0.259. The van der Waals surface area contributed by atoms with E-state index in [0.29, 0.717) is 6.04 Å². The Labute approximate surface area is 97.4 Å². The molecule has 1 aromatic rings. The van der Waals surface area contributed by atoms with E-state index in [2.05, 4.69) is 30.0 Å². The number of hydrogen-bond donors (Lipinski definition) is 1. The predicted molar refractivity (Wildman–Crippen MR) is 65.1 cm³/mol. The first-order chi connectivity index (χ1) is 7.63. The molecule has 90 valence electrons. The van der Waals surface area contributed by atoms with Crippen molar-refractivity contribution in [3.8, 4) is 0 Å². The van der Waals surface area contributed by atoms with Crippen LogP contribution in [-0.4, -0.2) is 33.8 Å². The van der Waals surface area contributed by atoms with Gasteiger partial charge in [0.05, 0.1) is 11.7 Å². The molecular weight excluding hydrogens is 200 g/mol. The third-order valence-electron chi connectivity index (χ3n) is 3.43. The average molecular weight is 222 g/mol. The maximum atomic E-state index is 6.23. The van der Waals surface area contributed by atoms with E-state index in [0.717, 1.165) is 25.2 Å². The van der Waals surface area contributed by atoms with Crippen LogP contribution < -0.4 is 5.73 Å². The average Bonchev–Trinajstić information content (AvgIpc) is 2.71. The Balaban J connectivity index is 2.26. The molecule has 2 N–H and O–H groups in total. The van der Waals surface area contributed by atoms with Crippen molar-refractivity contribution in [1.82, 2.24) is 14.7 Å². The number of aromatic nitrogens is 2. The zero-order chi connectivity index (χ0) is 11.7. The van der Waals surface area contributed by atoms with Crippen LogP contribution in [0.1, 0.15) is 37.1 Å². The zero-order valence-electron chi connectivity index (χ0n) is 10.5. The summed E-state index contributed by atoms with van der Waals surface area (Å²) in [6.45, 7) is 6.54. The van der Waals surface area contributed by atoms with Crippen molar-refractivity contribution in [3.63, 3.8) is 0 Å². The lowest BCUT2D eigenvalue weighted by molar-refractivity contribution is 0.247. The van der Waals surface area contributed by atoms with Gasteiger partial charge in [0.1, 0.15) is 0 Å². The molecule has 1 fully saturated rings. The van der Waals surface area contributed by atoms with Gasteiger partial charge in [-0.25, -0.2) is 0 Å². The van der Waals surface area contributed by atoms with E-state index in [1.165, 1.54) is 12.0 Å². The number of rotatable bonds is 3. The topological polar surface area (TPSA) is 47.1 Å². The molecular formula is C12H22N4. The quantitative estimate of drug-likeness (QED) is 0.836. The van der Waals surface area contributed by atoms with Gasteiger partial charge in [0.2, 0.25) is 0 Å². The summed E-state index contributed by atoms with van der Waals surface area (Å²) in [6.07, 6.45) is 4.40. The van der Waals surface area contributed by atoms with E-state index in [-0.39, 0.29) is 6.04 Å². The minimum Gasteiger partial charge on any atom is -0.326 e. The van der Waals surface area contributed by atoms with Crippen molar-refractivity contribution in [2.75, 3.05) is 13.1 Å². The third kappa shape index (κ3) is 1.99. The molecule has 0 aromatic carbocycles. The molecule has 2 heterocycles. The van der Waals surface area contributed by atoms with Crippen molar-refractivity contribution < 1.29 is 0 Å². The molecule has 0 radical (unpaired) electrons. The fourth-order valence-electron chi connectivity index (χ4n) is 2.76. The molecule has 2 rings (SSSR count). The Kier molecular flexibility index (Phi) is 3.30. The largest absolute Gasteiger partial charge is 0.326 e. The number of nitrogens with two attached hydrogens (primary N) is 1. The molecule has 1 saturated heterocycles. The number of likely N-dealkylation sites (tertiary alicyclic amines) is 1. The first-order valence-electron chi connectivity index (χ1n) is 6.13. The smallest absolute Gasteiger partial charge is 0.0642 e. The number of aryl methyl sites for hydroxylation is 2. The van der Waals surface area contributed by atoms with Crippen LogP contribution in [0, 0.1) is 6.92 Å². The summed E-state index contributed by atoms with van der Waals surface area (Å²) in [6, 6.07) is 0.628. The molecule has 1 aromatic heterocycles. The lowest BCUT2D eigenvalue weighted by Crippen LogP contribution is -2.32. The summed E-state index contributed by atoms with van der Waals surface area (Å²) in [7, 11) is 1.97. The predicted octanol–water partition coefficient (Wildman–Crippen LogP) is 1.21. The number of nitrogens with zero attached hydrogens (tertiary/aromatic N) is 3. The van der Waals surface area contributed by atoms with Gasteiger partial charge in [-0.15, -0.1) is 0 Å². The van der Waals surface area contributed by atoms with Crippen LogP contribution in [0.15, 0.2) is 6.20 Å². The molecule has 0 saturated carbocycles. The van der Waals surface area contributed by atoms with Gasteiger partial charge in [-0.2, -0.15) is 5.10 Å². The highest BCUT2D eigenvalue weighted by molar-refractivity contribution is 5.23. The van der Waals surface area contributed by atoms with Gasteiger partial charge in [-0.3, -0.25) is 9.58 Å². The van der Waals surface area contributed by atoms with Crippen LogP contribution in [0.5, 0.6) is 0 Å². The monoisotopic (exact) mass is 222 g/mol. The standard InChI is InChI=1S/C12H22N4/c1-4-6-16-7-5-11(13)12(16)10-8-15(3)14-9(10)2/h8,11-12H,4-7,13H2,1-3H3/t11-,12+/m0/s1. The van der Waals surface area contributed by atoms with Crippen LogP contribution in [0.25, 0.3) is 0 Å². The van der Waals surface area contributed by atoms with E-state index in [4.69, 9.17) is 5.73 Å². The summed E-state index contributed by atoms with van der Waals surface area (Å²) in [5.74, 6) is 0. The second-order valence-electron chi connectivity index (χ2n) is 4.78. The maximum Gasteiger partial charge on any atom is 0.0642 e. The fraction of sp³-hybridized carbons (Fsp3) is 0.750. The molecule has 16 heavy (non-hydrogen) atoms. The van der Waals surface area contributed by atoms with Gasteiger partial charge < -0.3 is 5.73 Å². The minimum absolute atomic E-state index is 0.259. The van der Waals surface area contributed by atoms with Gasteiger partial charge in [-0.1, -0.05) is 6.92 Å². The highest BCUT2D eigenvalue weighted by atomic mass is 15.3. The maximum absolute atomic E-state index is 6.23. The first-order valence-corrected chi connectivity index (χ1v) is 6.13. The highest BCUT2D eigenvalue weighted by Gasteiger charge is 2.34. The van der Waals surface area contributed by atoms with Crippen LogP contribution >= 0.6 is 0 Å². The van der Waals surface area contributed by atoms with Gasteiger partial charge in [0, 0.05) is 31.4 Å². The van der Waals surface area contributed by atoms with Gasteiger partial charge in [0.25, 0.3) is 0 Å². The summed E-state index contributed by atoms with van der Waals surface area (Å²) < 4.78 is 1.89. The number of hydrogen-bond acceptors (Lipinski definition) is 3. The molecule has 0 bridgehead atoms. The van der Waals surface area contributed by atoms with Gasteiger partial charge >= 0.3 is 0 Å². The molecule has 4 heteroatoms. The van der Waals surface area contributed by atoms with Crippen molar-refractivity contribution in [2.24, 2.45) is 12.8 Å². The lowest BCUT2D eigenvalue weighted by Gasteiger charge is -2.25. The van der Waals surface area contributed by atoms with E-state index in [1.807, 2.05) is 11.7 Å². The summed E-state index contributed by atoms with van der Waals surface area (Å²) in [5.41, 5.74) is 8.65.